The standard InChI is InChI=1S/C12H23NO/c1-3-4-5-11-6-8-12(9-7-11)13-10(2)14/h11-12H,3-9H2,1-2H3,(H,13,14). The second kappa shape index (κ2) is 6.05. The first kappa shape index (κ1) is 11.5. The molecule has 0 spiro atoms. The molecule has 14 heavy (non-hydrogen) atoms. The molecule has 2 heteroatoms. The largest absolute Gasteiger partial charge is 0.354 e. The number of rotatable bonds is 4. The number of hydrogen-bond acceptors (Lipinski definition) is 1. The van der Waals surface area contributed by atoms with Crippen molar-refractivity contribution in [1.82, 2.24) is 5.32 Å². The van der Waals surface area contributed by atoms with Crippen LogP contribution in [-0.4, -0.2) is 11.9 Å². The van der Waals surface area contributed by atoms with Gasteiger partial charge >= 0.3 is 0 Å². The number of hydrogen-bond donors (Lipinski definition) is 1. The van der Waals surface area contributed by atoms with E-state index in [-0.39, 0.29) is 5.91 Å². The lowest BCUT2D eigenvalue weighted by Crippen LogP contribution is -2.36. The number of nitrogens with one attached hydrogen (secondary N) is 1. The van der Waals surface area contributed by atoms with Crippen molar-refractivity contribution in [3.05, 3.63) is 0 Å². The van der Waals surface area contributed by atoms with E-state index in [0.29, 0.717) is 6.04 Å². The molecule has 0 unspecified atom stereocenters. The molecule has 0 aromatic rings. The van der Waals surface area contributed by atoms with Gasteiger partial charge < -0.3 is 5.32 Å². The fourth-order valence-corrected chi connectivity index (χ4v) is 2.38. The second-order valence-corrected chi connectivity index (χ2v) is 4.56. The topological polar surface area (TPSA) is 29.1 Å². The van der Waals surface area contributed by atoms with Gasteiger partial charge in [-0.25, -0.2) is 0 Å². The molecule has 1 aliphatic carbocycles. The van der Waals surface area contributed by atoms with Crippen LogP contribution in [0.15, 0.2) is 0 Å². The smallest absolute Gasteiger partial charge is 0.217 e. The quantitative estimate of drug-likeness (QED) is 0.737. The molecule has 0 heterocycles. The minimum absolute atomic E-state index is 0.127. The monoisotopic (exact) mass is 197 g/mol. The third-order valence-corrected chi connectivity index (χ3v) is 3.22. The molecule has 2 nitrogen and oxygen atoms in total. The lowest BCUT2D eigenvalue weighted by Gasteiger charge is -2.28. The maximum Gasteiger partial charge on any atom is 0.217 e. The lowest BCUT2D eigenvalue weighted by molar-refractivity contribution is -0.119. The Morgan fingerprint density at radius 3 is 2.43 bits per heavy atom. The van der Waals surface area contributed by atoms with Gasteiger partial charge in [-0.1, -0.05) is 26.2 Å². The van der Waals surface area contributed by atoms with Gasteiger partial charge in [-0.3, -0.25) is 4.79 Å². The van der Waals surface area contributed by atoms with Crippen molar-refractivity contribution in [3.63, 3.8) is 0 Å². The Labute approximate surface area is 87.5 Å². The summed E-state index contributed by atoms with van der Waals surface area (Å²) < 4.78 is 0. The van der Waals surface area contributed by atoms with Crippen LogP contribution in [0.2, 0.25) is 0 Å². The van der Waals surface area contributed by atoms with Crippen LogP contribution in [0.3, 0.4) is 0 Å². The Hall–Kier alpha value is -0.530. The van der Waals surface area contributed by atoms with Gasteiger partial charge in [-0.2, -0.15) is 0 Å². The fraction of sp³-hybridized carbons (Fsp3) is 0.917. The molecule has 0 bridgehead atoms. The van der Waals surface area contributed by atoms with Crippen molar-refractivity contribution in [2.45, 2.75) is 64.8 Å². The van der Waals surface area contributed by atoms with Crippen LogP contribution in [0.4, 0.5) is 0 Å². The van der Waals surface area contributed by atoms with Crippen LogP contribution in [0, 0.1) is 5.92 Å². The first-order valence-electron chi connectivity index (χ1n) is 5.99. The van der Waals surface area contributed by atoms with Crippen LogP contribution in [0.5, 0.6) is 0 Å². The molecule has 0 aromatic carbocycles. The van der Waals surface area contributed by atoms with E-state index >= 15 is 0 Å². The number of amides is 1. The van der Waals surface area contributed by atoms with Crippen LogP contribution in [0.25, 0.3) is 0 Å². The molecule has 0 atom stereocenters. The lowest BCUT2D eigenvalue weighted by atomic mass is 9.83. The molecular weight excluding hydrogens is 174 g/mol. The molecule has 1 aliphatic rings. The van der Waals surface area contributed by atoms with Gasteiger partial charge in [0.1, 0.15) is 0 Å². The van der Waals surface area contributed by atoms with E-state index in [0.717, 1.165) is 5.92 Å². The maximum absolute atomic E-state index is 10.9. The third kappa shape index (κ3) is 4.12. The summed E-state index contributed by atoms with van der Waals surface area (Å²) in [4.78, 5) is 10.9. The van der Waals surface area contributed by atoms with Gasteiger partial charge in [-0.05, 0) is 31.6 Å². The number of carbonyl (C=O) groups is 1. The first-order valence-corrected chi connectivity index (χ1v) is 5.99. The normalized spacial score (nSPS) is 27.3. The highest BCUT2D eigenvalue weighted by Crippen LogP contribution is 2.28. The number of unbranched alkanes of at least 4 members (excludes halogenated alkanes) is 1. The van der Waals surface area contributed by atoms with Gasteiger partial charge in [0.2, 0.25) is 5.91 Å². The van der Waals surface area contributed by atoms with Crippen molar-refractivity contribution in [2.24, 2.45) is 5.92 Å². The van der Waals surface area contributed by atoms with Crippen LogP contribution in [-0.2, 0) is 4.79 Å². The average Bonchev–Trinajstić information content (AvgIpc) is 2.16. The van der Waals surface area contributed by atoms with E-state index in [2.05, 4.69) is 12.2 Å². The Bertz CT molecular complexity index is 171. The molecule has 82 valence electrons. The molecule has 0 aliphatic heterocycles. The van der Waals surface area contributed by atoms with E-state index in [1.807, 2.05) is 0 Å². The summed E-state index contributed by atoms with van der Waals surface area (Å²) in [5.74, 6) is 1.06. The predicted molar refractivity (Wildman–Crippen MR) is 59.1 cm³/mol. The highest BCUT2D eigenvalue weighted by molar-refractivity contribution is 5.73. The van der Waals surface area contributed by atoms with Gasteiger partial charge in [0.05, 0.1) is 0 Å². The van der Waals surface area contributed by atoms with E-state index in [1.54, 1.807) is 6.92 Å². The summed E-state index contributed by atoms with van der Waals surface area (Å²) in [6.45, 7) is 3.87. The summed E-state index contributed by atoms with van der Waals surface area (Å²) >= 11 is 0. The zero-order valence-electron chi connectivity index (χ0n) is 9.51. The fourth-order valence-electron chi connectivity index (χ4n) is 2.38. The van der Waals surface area contributed by atoms with Crippen molar-refractivity contribution in [1.29, 1.82) is 0 Å². The van der Waals surface area contributed by atoms with Crippen molar-refractivity contribution < 1.29 is 4.79 Å². The summed E-state index contributed by atoms with van der Waals surface area (Å²) in [6, 6.07) is 0.463. The zero-order chi connectivity index (χ0) is 10.4. The summed E-state index contributed by atoms with van der Waals surface area (Å²) in [7, 11) is 0. The Balaban J connectivity index is 2.14. The molecule has 1 fully saturated rings. The molecule has 0 aromatic heterocycles. The van der Waals surface area contributed by atoms with E-state index in [4.69, 9.17) is 0 Å². The minimum Gasteiger partial charge on any atom is -0.354 e. The van der Waals surface area contributed by atoms with Crippen LogP contribution >= 0.6 is 0 Å². The summed E-state index contributed by atoms with van der Waals surface area (Å²) in [5.41, 5.74) is 0. The Kier molecular flexibility index (Phi) is 4.99. The van der Waals surface area contributed by atoms with E-state index in [1.165, 1.54) is 44.9 Å². The predicted octanol–water partition coefficient (Wildman–Crippen LogP) is 2.87. The SMILES string of the molecule is CCCCC1CCC(NC(C)=O)CC1. The Morgan fingerprint density at radius 2 is 1.93 bits per heavy atom. The first-order chi connectivity index (χ1) is 6.72. The number of carbonyl (C=O) groups excluding carboxylic acids is 1. The highest BCUT2D eigenvalue weighted by Gasteiger charge is 2.20. The zero-order valence-corrected chi connectivity index (χ0v) is 9.51. The van der Waals surface area contributed by atoms with E-state index < -0.39 is 0 Å². The van der Waals surface area contributed by atoms with Crippen molar-refractivity contribution in [2.75, 3.05) is 0 Å². The molecule has 1 amide bonds. The van der Waals surface area contributed by atoms with Gasteiger partial charge in [0, 0.05) is 13.0 Å². The maximum atomic E-state index is 10.9. The van der Waals surface area contributed by atoms with Crippen molar-refractivity contribution >= 4 is 5.91 Å². The van der Waals surface area contributed by atoms with Crippen LogP contribution < -0.4 is 5.32 Å². The molecule has 0 saturated heterocycles. The minimum atomic E-state index is 0.127. The second-order valence-electron chi connectivity index (χ2n) is 4.56. The van der Waals surface area contributed by atoms with Crippen molar-refractivity contribution in [3.8, 4) is 0 Å². The van der Waals surface area contributed by atoms with Gasteiger partial charge in [0.25, 0.3) is 0 Å². The average molecular weight is 197 g/mol. The van der Waals surface area contributed by atoms with Crippen LogP contribution in [0.1, 0.15) is 58.8 Å². The highest BCUT2D eigenvalue weighted by atomic mass is 16.1. The molecule has 1 saturated carbocycles. The Morgan fingerprint density at radius 1 is 1.29 bits per heavy atom. The molecule has 1 rings (SSSR count). The molecular formula is C12H23NO. The summed E-state index contributed by atoms with van der Waals surface area (Å²) in [5, 5.41) is 3.02. The third-order valence-electron chi connectivity index (χ3n) is 3.22. The van der Waals surface area contributed by atoms with Gasteiger partial charge in [0.15, 0.2) is 0 Å². The molecule has 0 radical (unpaired) electrons. The van der Waals surface area contributed by atoms with Gasteiger partial charge in [-0.15, -0.1) is 0 Å². The summed E-state index contributed by atoms with van der Waals surface area (Å²) in [6.07, 6.45) is 9.07. The van der Waals surface area contributed by atoms with E-state index in [9.17, 15) is 4.79 Å². The molecule has 1 N–H and O–H groups in total.